The number of rotatable bonds is 6. The second-order valence-corrected chi connectivity index (χ2v) is 7.83. The summed E-state index contributed by atoms with van der Waals surface area (Å²) in [5.41, 5.74) is 6.04. The molecule has 0 radical (unpaired) electrons. The highest BCUT2D eigenvalue weighted by atomic mass is 32.1. The minimum Gasteiger partial charge on any atom is -0.497 e. The van der Waals surface area contributed by atoms with Crippen molar-refractivity contribution in [1.29, 1.82) is 0 Å². The van der Waals surface area contributed by atoms with Gasteiger partial charge in [0.25, 0.3) is 11.8 Å². The Morgan fingerprint density at radius 2 is 1.45 bits per heavy atom. The van der Waals surface area contributed by atoms with Crippen molar-refractivity contribution in [1.82, 2.24) is 5.43 Å². The average Bonchev–Trinajstić information content (AvgIpc) is 2.84. The zero-order chi connectivity index (χ0) is 23.4. The monoisotopic (exact) mass is 457 g/mol. The highest BCUT2D eigenvalue weighted by Gasteiger charge is 2.16. The van der Waals surface area contributed by atoms with Gasteiger partial charge in [0.15, 0.2) is 0 Å². The second kappa shape index (κ2) is 9.67. The van der Waals surface area contributed by atoms with Gasteiger partial charge in [-0.15, -0.1) is 0 Å². The second-order valence-electron chi connectivity index (χ2n) is 7.43. The summed E-state index contributed by atoms with van der Waals surface area (Å²) in [6, 6.07) is 25.4. The van der Waals surface area contributed by atoms with E-state index in [-0.39, 0.29) is 11.8 Å². The first-order valence-electron chi connectivity index (χ1n) is 10.3. The van der Waals surface area contributed by atoms with E-state index in [0.717, 1.165) is 10.9 Å². The molecule has 0 bridgehead atoms. The van der Waals surface area contributed by atoms with Crippen LogP contribution in [-0.4, -0.2) is 18.9 Å². The molecule has 0 aromatic heterocycles. The van der Waals surface area contributed by atoms with Crippen LogP contribution < -0.4 is 19.9 Å². The molecule has 0 saturated carbocycles. The largest absolute Gasteiger partial charge is 0.497 e. The fraction of sp³-hybridized carbons (Fsp3) is 0.0769. The number of carbonyl (C=O) groups is 2. The first kappa shape index (κ1) is 22.2. The molecule has 0 saturated heterocycles. The maximum Gasteiger partial charge on any atom is 0.271 e. The Labute approximate surface area is 197 Å². The number of aryl methyl sites for hydroxylation is 1. The molecule has 0 spiro atoms. The van der Waals surface area contributed by atoms with E-state index in [1.165, 1.54) is 4.41 Å². The van der Waals surface area contributed by atoms with Gasteiger partial charge in [-0.3, -0.25) is 15.0 Å². The fourth-order valence-electron chi connectivity index (χ4n) is 3.57. The summed E-state index contributed by atoms with van der Waals surface area (Å²) in [7, 11) is 1.59. The molecule has 0 atom stereocenters. The van der Waals surface area contributed by atoms with Crippen LogP contribution in [0.2, 0.25) is 0 Å². The van der Waals surface area contributed by atoms with E-state index in [2.05, 4.69) is 23.6 Å². The van der Waals surface area contributed by atoms with E-state index in [0.29, 0.717) is 33.6 Å². The molecule has 0 aliphatic heterocycles. The van der Waals surface area contributed by atoms with E-state index < -0.39 is 0 Å². The van der Waals surface area contributed by atoms with E-state index in [1.807, 2.05) is 49.4 Å². The first-order chi connectivity index (χ1) is 16.0. The minimum atomic E-state index is -0.325. The summed E-state index contributed by atoms with van der Waals surface area (Å²) in [6.07, 6.45) is 0. The lowest BCUT2D eigenvalue weighted by Gasteiger charge is -2.20. The molecule has 33 heavy (non-hydrogen) atoms. The molecule has 4 aromatic rings. The van der Waals surface area contributed by atoms with Crippen LogP contribution in [0, 0.1) is 6.92 Å². The van der Waals surface area contributed by atoms with Crippen LogP contribution in [0.5, 0.6) is 5.75 Å². The number of hydrazine groups is 1. The Hall–Kier alpha value is -3.97. The van der Waals surface area contributed by atoms with Crippen molar-refractivity contribution in [2.45, 2.75) is 6.92 Å². The van der Waals surface area contributed by atoms with Gasteiger partial charge in [0.1, 0.15) is 5.75 Å². The molecule has 0 aliphatic carbocycles. The quantitative estimate of drug-likeness (QED) is 0.268. The van der Waals surface area contributed by atoms with Gasteiger partial charge in [0, 0.05) is 22.2 Å². The Kier molecular flexibility index (Phi) is 6.51. The molecule has 7 heteroatoms. The third-order valence-corrected chi connectivity index (χ3v) is 5.66. The molecule has 4 aromatic carbocycles. The summed E-state index contributed by atoms with van der Waals surface area (Å²) in [6.45, 7) is 1.90. The summed E-state index contributed by atoms with van der Waals surface area (Å²) in [5.74, 6) is 0.187. The highest BCUT2D eigenvalue weighted by molar-refractivity contribution is 7.81. The van der Waals surface area contributed by atoms with Crippen LogP contribution in [0.3, 0.4) is 0 Å². The number of methoxy groups -OCH3 is 1. The number of thiol groups is 1. The van der Waals surface area contributed by atoms with Gasteiger partial charge in [0.2, 0.25) is 0 Å². The van der Waals surface area contributed by atoms with Crippen LogP contribution in [0.25, 0.3) is 10.8 Å². The zero-order valence-electron chi connectivity index (χ0n) is 18.2. The number of ether oxygens (including phenoxy) is 1. The maximum atomic E-state index is 13.1. The molecule has 0 aliphatic rings. The zero-order valence-corrected chi connectivity index (χ0v) is 19.1. The minimum absolute atomic E-state index is 0.198. The number of carbonyl (C=O) groups excluding carboxylic acids is 2. The van der Waals surface area contributed by atoms with Crippen molar-refractivity contribution in [3.63, 3.8) is 0 Å². The number of anilines is 2. The molecule has 4 rings (SSSR count). The molecule has 0 heterocycles. The lowest BCUT2D eigenvalue weighted by atomic mass is 10.0. The van der Waals surface area contributed by atoms with Gasteiger partial charge in [-0.25, -0.2) is 4.41 Å². The van der Waals surface area contributed by atoms with Gasteiger partial charge in [-0.1, -0.05) is 42.5 Å². The van der Waals surface area contributed by atoms with E-state index in [4.69, 9.17) is 4.74 Å². The lowest BCUT2D eigenvalue weighted by Crippen LogP contribution is -2.35. The fourth-order valence-corrected chi connectivity index (χ4v) is 3.79. The highest BCUT2D eigenvalue weighted by Crippen LogP contribution is 2.28. The van der Waals surface area contributed by atoms with Gasteiger partial charge in [0.05, 0.1) is 12.8 Å². The summed E-state index contributed by atoms with van der Waals surface area (Å²) >= 11 is 4.39. The van der Waals surface area contributed by atoms with Crippen LogP contribution in [0.4, 0.5) is 11.4 Å². The summed E-state index contributed by atoms with van der Waals surface area (Å²) < 4.78 is 6.51. The van der Waals surface area contributed by atoms with E-state index in [1.54, 1.807) is 49.6 Å². The van der Waals surface area contributed by atoms with Crippen molar-refractivity contribution in [2.75, 3.05) is 16.8 Å². The number of hydrogen-bond donors (Lipinski definition) is 3. The number of amides is 2. The first-order valence-corrected chi connectivity index (χ1v) is 10.7. The molecule has 2 N–H and O–H groups in total. The maximum absolute atomic E-state index is 13.1. The summed E-state index contributed by atoms with van der Waals surface area (Å²) in [4.78, 5) is 25.9. The predicted octanol–water partition coefficient (Wildman–Crippen LogP) is 5.41. The van der Waals surface area contributed by atoms with Crippen molar-refractivity contribution in [3.05, 3.63) is 102 Å². The van der Waals surface area contributed by atoms with Crippen LogP contribution in [0.15, 0.2) is 84.9 Å². The smallest absolute Gasteiger partial charge is 0.271 e. The molecule has 0 unspecified atom stereocenters. The van der Waals surface area contributed by atoms with Gasteiger partial charge in [-0.05, 0) is 73.2 Å². The number of nitrogens with zero attached hydrogens (tertiary/aromatic N) is 1. The number of benzene rings is 4. The van der Waals surface area contributed by atoms with Crippen LogP contribution in [-0.2, 0) is 0 Å². The Morgan fingerprint density at radius 3 is 2.15 bits per heavy atom. The Balaban J connectivity index is 1.59. The Bertz CT molecular complexity index is 1320. The SMILES string of the molecule is COc1ccc(N(S)NC(=O)c2ccc(NC(=O)c3ccccc3C)c3ccccc23)cc1. The molecular formula is C26H23N3O3S. The van der Waals surface area contributed by atoms with Crippen molar-refractivity contribution < 1.29 is 14.3 Å². The third kappa shape index (κ3) is 4.78. The van der Waals surface area contributed by atoms with Crippen molar-refractivity contribution in [2.24, 2.45) is 0 Å². The van der Waals surface area contributed by atoms with Gasteiger partial charge in [-0.2, -0.15) is 0 Å². The molecule has 166 valence electrons. The van der Waals surface area contributed by atoms with Crippen molar-refractivity contribution >= 4 is 46.8 Å². The standard InChI is InChI=1S/C26H23N3O3S/c1-17-7-3-4-8-20(17)25(30)27-24-16-15-23(21-9-5-6-10-22(21)24)26(31)28-29(33)18-11-13-19(32-2)14-12-18/h3-16,33H,1-2H3,(H,27,30)(H,28,31). The summed E-state index contributed by atoms with van der Waals surface area (Å²) in [5, 5.41) is 4.46. The molecule has 2 amide bonds. The van der Waals surface area contributed by atoms with E-state index >= 15 is 0 Å². The molecule has 0 fully saturated rings. The van der Waals surface area contributed by atoms with Gasteiger partial charge >= 0.3 is 0 Å². The third-order valence-electron chi connectivity index (χ3n) is 5.33. The molecule has 6 nitrogen and oxygen atoms in total. The van der Waals surface area contributed by atoms with Crippen LogP contribution >= 0.6 is 12.8 Å². The number of fused-ring (bicyclic) bond motifs is 1. The topological polar surface area (TPSA) is 70.7 Å². The Morgan fingerprint density at radius 1 is 0.788 bits per heavy atom. The van der Waals surface area contributed by atoms with Crippen LogP contribution in [0.1, 0.15) is 26.3 Å². The predicted molar refractivity (Wildman–Crippen MR) is 135 cm³/mol. The average molecular weight is 458 g/mol. The van der Waals surface area contributed by atoms with Gasteiger partial charge < -0.3 is 10.1 Å². The van der Waals surface area contributed by atoms with E-state index in [9.17, 15) is 9.59 Å². The lowest BCUT2D eigenvalue weighted by molar-refractivity contribution is 0.0958. The van der Waals surface area contributed by atoms with Crippen molar-refractivity contribution in [3.8, 4) is 5.75 Å². The number of hydrogen-bond acceptors (Lipinski definition) is 5. The normalized spacial score (nSPS) is 10.5. The number of nitrogens with one attached hydrogen (secondary N) is 2. The molecular weight excluding hydrogens is 434 g/mol.